The molecule has 0 bridgehead atoms. The Labute approximate surface area is 213 Å². The topological polar surface area (TPSA) is 28.1 Å². The number of benzene rings is 2. The normalized spacial score (nSPS) is 23.1. The zero-order valence-electron chi connectivity index (χ0n) is 20.4. The quantitative estimate of drug-likeness (QED) is 0.316. The molecule has 2 atom stereocenters. The van der Waals surface area contributed by atoms with Crippen LogP contribution in [0.4, 0.5) is 10.1 Å². The summed E-state index contributed by atoms with van der Waals surface area (Å²) in [5, 5.41) is 1.16. The lowest BCUT2D eigenvalue weighted by molar-refractivity contribution is 0.0583. The molecule has 5 rings (SSSR count). The second kappa shape index (κ2) is 12.2. The van der Waals surface area contributed by atoms with Crippen molar-refractivity contribution in [3.05, 3.63) is 77.9 Å². The van der Waals surface area contributed by atoms with Gasteiger partial charge in [0, 0.05) is 44.6 Å². The zero-order valence-corrected chi connectivity index (χ0v) is 21.2. The van der Waals surface area contributed by atoms with E-state index in [4.69, 9.17) is 9.73 Å². The van der Waals surface area contributed by atoms with Gasteiger partial charge in [-0.1, -0.05) is 72.4 Å². The van der Waals surface area contributed by atoms with Gasteiger partial charge >= 0.3 is 0 Å². The van der Waals surface area contributed by atoms with E-state index >= 15 is 0 Å². The third-order valence-electron chi connectivity index (χ3n) is 7.22. The monoisotopic (exact) mass is 493 g/mol. The summed E-state index contributed by atoms with van der Waals surface area (Å²) in [4.78, 5) is 10.2. The summed E-state index contributed by atoms with van der Waals surface area (Å²) in [6.07, 6.45) is 7.57. The molecule has 2 unspecified atom stereocenters. The number of halogens is 1. The molecule has 0 N–H and O–H groups in total. The molecule has 1 aliphatic carbocycles. The Morgan fingerprint density at radius 1 is 0.971 bits per heavy atom. The summed E-state index contributed by atoms with van der Waals surface area (Å²) in [6.45, 7) is 4.94. The highest BCUT2D eigenvalue weighted by Gasteiger charge is 2.29. The van der Waals surface area contributed by atoms with Crippen molar-refractivity contribution in [3.63, 3.8) is 0 Å². The van der Waals surface area contributed by atoms with Crippen molar-refractivity contribution in [2.45, 2.75) is 62.7 Å². The number of amidine groups is 1. The Morgan fingerprint density at radius 3 is 2.57 bits per heavy atom. The number of hydrogen-bond donors (Lipinski definition) is 0. The maximum Gasteiger partial charge on any atom is 0.165 e. The lowest BCUT2D eigenvalue weighted by atomic mass is 10.0. The fourth-order valence-corrected chi connectivity index (χ4v) is 6.25. The number of likely N-dealkylation sites (tertiary alicyclic amines) is 1. The van der Waals surface area contributed by atoms with Gasteiger partial charge in [0.2, 0.25) is 0 Å². The molecule has 0 spiro atoms. The highest BCUT2D eigenvalue weighted by molar-refractivity contribution is 8.13. The van der Waals surface area contributed by atoms with Gasteiger partial charge in [-0.3, -0.25) is 0 Å². The molecule has 186 valence electrons. The molecule has 3 aliphatic rings. The molecule has 2 aliphatic heterocycles. The van der Waals surface area contributed by atoms with Crippen molar-refractivity contribution in [3.8, 4) is 0 Å². The fourth-order valence-electron chi connectivity index (χ4n) is 5.18. The van der Waals surface area contributed by atoms with Crippen molar-refractivity contribution in [1.82, 2.24) is 9.80 Å². The lowest BCUT2D eigenvalue weighted by Gasteiger charge is -2.40. The SMILES string of the molecule is FC1C=CC(OCCCN2CCC(N(Cc3ccccc3)C3=Nc4ccccc4CS3)CC2)CC1. The van der Waals surface area contributed by atoms with Crippen LogP contribution in [-0.2, 0) is 17.0 Å². The number of alkyl halides is 1. The van der Waals surface area contributed by atoms with Gasteiger partial charge < -0.3 is 14.5 Å². The van der Waals surface area contributed by atoms with Crippen molar-refractivity contribution in [2.75, 3.05) is 26.2 Å². The predicted octanol–water partition coefficient (Wildman–Crippen LogP) is 6.35. The Balaban J connectivity index is 1.16. The van der Waals surface area contributed by atoms with E-state index in [2.05, 4.69) is 64.4 Å². The number of ether oxygens (including phenoxy) is 1. The number of fused-ring (bicyclic) bond motifs is 1. The second-order valence-corrected chi connectivity index (χ2v) is 10.7. The average molecular weight is 494 g/mol. The number of nitrogens with zero attached hydrogens (tertiary/aromatic N) is 3. The summed E-state index contributed by atoms with van der Waals surface area (Å²) in [7, 11) is 0. The van der Waals surface area contributed by atoms with Crippen LogP contribution in [0.3, 0.4) is 0 Å². The summed E-state index contributed by atoms with van der Waals surface area (Å²) < 4.78 is 19.2. The molecular formula is C29H36FN3OS. The molecule has 2 aromatic rings. The molecule has 1 fully saturated rings. The standard InChI is InChI=1S/C29H36FN3OS/c30-25-11-13-27(14-12-25)34-20-6-17-32-18-15-26(16-19-32)33(21-23-7-2-1-3-8-23)29-31-28-10-5-4-9-24(28)22-35-29/h1-5,7-11,13,25-27H,6,12,14-22H2. The van der Waals surface area contributed by atoms with Crippen molar-refractivity contribution in [1.29, 1.82) is 0 Å². The van der Waals surface area contributed by atoms with E-state index < -0.39 is 6.17 Å². The summed E-state index contributed by atoms with van der Waals surface area (Å²) in [5.41, 5.74) is 3.78. The van der Waals surface area contributed by atoms with Gasteiger partial charge in [-0.15, -0.1) is 0 Å². The van der Waals surface area contributed by atoms with Gasteiger partial charge in [-0.2, -0.15) is 0 Å². The summed E-state index contributed by atoms with van der Waals surface area (Å²) in [5.74, 6) is 0.987. The summed E-state index contributed by atoms with van der Waals surface area (Å²) in [6, 6.07) is 19.8. The van der Waals surface area contributed by atoms with Crippen LogP contribution in [0.1, 0.15) is 43.2 Å². The maximum absolute atomic E-state index is 13.2. The molecule has 0 radical (unpaired) electrons. The first-order chi connectivity index (χ1) is 17.2. The van der Waals surface area contributed by atoms with Gasteiger partial charge in [0.25, 0.3) is 0 Å². The van der Waals surface area contributed by atoms with E-state index in [1.54, 1.807) is 6.08 Å². The first-order valence-corrected chi connectivity index (χ1v) is 14.0. The lowest BCUT2D eigenvalue weighted by Crippen LogP contribution is -2.46. The number of allylic oxidation sites excluding steroid dienone is 1. The molecule has 35 heavy (non-hydrogen) atoms. The Morgan fingerprint density at radius 2 is 1.77 bits per heavy atom. The number of thioether (sulfide) groups is 1. The Bertz CT molecular complexity index is 1010. The predicted molar refractivity (Wildman–Crippen MR) is 144 cm³/mol. The van der Waals surface area contributed by atoms with E-state index in [1.165, 1.54) is 11.1 Å². The minimum Gasteiger partial charge on any atom is -0.374 e. The number of aliphatic imine (C=N–C) groups is 1. The fraction of sp³-hybridized carbons (Fsp3) is 0.483. The van der Waals surface area contributed by atoms with Crippen LogP contribution >= 0.6 is 11.8 Å². The van der Waals surface area contributed by atoms with Crippen LogP contribution in [-0.4, -0.2) is 59.5 Å². The molecule has 4 nitrogen and oxygen atoms in total. The molecule has 2 heterocycles. The van der Waals surface area contributed by atoms with Crippen LogP contribution in [0.5, 0.6) is 0 Å². The molecule has 0 amide bonds. The minimum atomic E-state index is -0.787. The Hall–Kier alpha value is -2.15. The smallest absolute Gasteiger partial charge is 0.165 e. The molecule has 1 saturated heterocycles. The third kappa shape index (κ3) is 6.75. The van der Waals surface area contributed by atoms with Crippen LogP contribution in [0.15, 0.2) is 71.7 Å². The van der Waals surface area contributed by atoms with Gasteiger partial charge in [0.05, 0.1) is 11.8 Å². The van der Waals surface area contributed by atoms with Gasteiger partial charge in [0.15, 0.2) is 5.17 Å². The van der Waals surface area contributed by atoms with Crippen LogP contribution < -0.4 is 0 Å². The molecule has 6 heteroatoms. The molecule has 0 saturated carbocycles. The van der Waals surface area contributed by atoms with E-state index in [-0.39, 0.29) is 6.10 Å². The highest BCUT2D eigenvalue weighted by Crippen LogP contribution is 2.34. The van der Waals surface area contributed by atoms with E-state index in [0.29, 0.717) is 12.5 Å². The molecule has 0 aromatic heterocycles. The van der Waals surface area contributed by atoms with Gasteiger partial charge in [-0.25, -0.2) is 9.38 Å². The van der Waals surface area contributed by atoms with E-state index in [1.807, 2.05) is 17.8 Å². The molecule has 2 aromatic carbocycles. The van der Waals surface area contributed by atoms with Crippen molar-refractivity contribution >= 4 is 22.6 Å². The number of hydrogen-bond acceptors (Lipinski definition) is 5. The average Bonchev–Trinajstić information content (AvgIpc) is 2.91. The zero-order chi connectivity index (χ0) is 23.9. The first kappa shape index (κ1) is 24.5. The first-order valence-electron chi connectivity index (χ1n) is 13.0. The Kier molecular flexibility index (Phi) is 8.55. The van der Waals surface area contributed by atoms with Crippen molar-refractivity contribution < 1.29 is 9.13 Å². The number of piperidine rings is 1. The number of para-hydroxylation sites is 1. The minimum absolute atomic E-state index is 0.0955. The van der Waals surface area contributed by atoms with Crippen LogP contribution in [0.25, 0.3) is 0 Å². The van der Waals surface area contributed by atoms with E-state index in [0.717, 1.165) is 75.1 Å². The largest absolute Gasteiger partial charge is 0.374 e. The second-order valence-electron chi connectivity index (χ2n) is 9.74. The van der Waals surface area contributed by atoms with Crippen molar-refractivity contribution in [2.24, 2.45) is 4.99 Å². The third-order valence-corrected chi connectivity index (χ3v) is 8.26. The van der Waals surface area contributed by atoms with Gasteiger partial charge in [0.1, 0.15) is 6.17 Å². The highest BCUT2D eigenvalue weighted by atomic mass is 32.2. The number of rotatable bonds is 8. The van der Waals surface area contributed by atoms with Crippen LogP contribution in [0, 0.1) is 0 Å². The van der Waals surface area contributed by atoms with Crippen LogP contribution in [0.2, 0.25) is 0 Å². The van der Waals surface area contributed by atoms with E-state index in [9.17, 15) is 4.39 Å². The molecular weight excluding hydrogens is 457 g/mol. The maximum atomic E-state index is 13.2. The summed E-state index contributed by atoms with van der Waals surface area (Å²) >= 11 is 1.87. The van der Waals surface area contributed by atoms with Gasteiger partial charge in [-0.05, 0) is 49.3 Å².